The molecule has 1 aromatic carbocycles. The van der Waals surface area contributed by atoms with E-state index >= 15 is 0 Å². The van der Waals surface area contributed by atoms with Gasteiger partial charge in [-0.1, -0.05) is 11.3 Å². The third-order valence-corrected chi connectivity index (χ3v) is 4.04. The Bertz CT molecular complexity index is 721. The van der Waals surface area contributed by atoms with Crippen LogP contribution in [0, 0.1) is 3.95 Å². The van der Waals surface area contributed by atoms with Gasteiger partial charge in [0.05, 0.1) is 19.9 Å². The standard InChI is InChI=1S/C12H12N2O4S2/c1-17-6-3-4-8(18-2)7(5-6)14-10(13)9(11(15)16)20-12(14)19/h3-5H,13H2,1-2H3,(H,15,16). The summed E-state index contributed by atoms with van der Waals surface area (Å²) in [4.78, 5) is 11.1. The Morgan fingerprint density at radius 3 is 2.60 bits per heavy atom. The first-order valence-corrected chi connectivity index (χ1v) is 6.69. The zero-order chi connectivity index (χ0) is 14.9. The minimum atomic E-state index is -1.11. The number of nitrogen functional groups attached to an aromatic ring is 1. The highest BCUT2D eigenvalue weighted by atomic mass is 32.1. The molecule has 0 unspecified atom stereocenters. The van der Waals surface area contributed by atoms with E-state index < -0.39 is 5.97 Å². The molecule has 8 heteroatoms. The highest BCUT2D eigenvalue weighted by molar-refractivity contribution is 7.73. The number of carboxylic acids is 1. The Morgan fingerprint density at radius 1 is 1.40 bits per heavy atom. The Kier molecular flexibility index (Phi) is 3.96. The van der Waals surface area contributed by atoms with Gasteiger partial charge in [0.2, 0.25) is 0 Å². The van der Waals surface area contributed by atoms with Gasteiger partial charge in [0.15, 0.2) is 8.83 Å². The van der Waals surface area contributed by atoms with Gasteiger partial charge in [-0.05, 0) is 24.4 Å². The maximum Gasteiger partial charge on any atom is 0.349 e. The first-order chi connectivity index (χ1) is 9.49. The van der Waals surface area contributed by atoms with Crippen LogP contribution in [0.25, 0.3) is 5.69 Å². The van der Waals surface area contributed by atoms with Crippen molar-refractivity contribution in [1.29, 1.82) is 0 Å². The van der Waals surface area contributed by atoms with E-state index in [1.807, 2.05) is 0 Å². The van der Waals surface area contributed by atoms with Gasteiger partial charge >= 0.3 is 5.97 Å². The lowest BCUT2D eigenvalue weighted by Gasteiger charge is -2.12. The average molecular weight is 312 g/mol. The maximum atomic E-state index is 11.1. The number of methoxy groups -OCH3 is 2. The number of thiazole rings is 1. The Hall–Kier alpha value is -2.06. The summed E-state index contributed by atoms with van der Waals surface area (Å²) in [5, 5.41) is 9.09. The molecular formula is C12H12N2O4S2. The highest BCUT2D eigenvalue weighted by Crippen LogP contribution is 2.33. The molecule has 0 radical (unpaired) electrons. The van der Waals surface area contributed by atoms with E-state index in [9.17, 15) is 4.79 Å². The van der Waals surface area contributed by atoms with Crippen LogP contribution in [-0.4, -0.2) is 29.9 Å². The molecule has 6 nitrogen and oxygen atoms in total. The van der Waals surface area contributed by atoms with Crippen molar-refractivity contribution in [3.8, 4) is 17.2 Å². The first kappa shape index (κ1) is 14.4. The molecule has 1 heterocycles. The van der Waals surface area contributed by atoms with E-state index in [2.05, 4.69) is 0 Å². The van der Waals surface area contributed by atoms with Gasteiger partial charge in [0.1, 0.15) is 17.3 Å². The van der Waals surface area contributed by atoms with E-state index in [0.29, 0.717) is 21.1 Å². The van der Waals surface area contributed by atoms with Gasteiger partial charge in [0, 0.05) is 6.07 Å². The monoisotopic (exact) mass is 312 g/mol. The molecule has 0 fully saturated rings. The number of carbonyl (C=O) groups is 1. The SMILES string of the molecule is COc1ccc(OC)c(-n2c(N)c(C(=O)O)sc2=S)c1. The van der Waals surface area contributed by atoms with Crippen molar-refractivity contribution in [2.75, 3.05) is 20.0 Å². The van der Waals surface area contributed by atoms with Crippen LogP contribution in [0.15, 0.2) is 18.2 Å². The summed E-state index contributed by atoms with van der Waals surface area (Å²) in [5.74, 6) is 0.0618. The zero-order valence-corrected chi connectivity index (χ0v) is 12.4. The molecule has 3 N–H and O–H groups in total. The van der Waals surface area contributed by atoms with Crippen molar-refractivity contribution < 1.29 is 19.4 Å². The average Bonchev–Trinajstić information content (AvgIpc) is 2.73. The van der Waals surface area contributed by atoms with Gasteiger partial charge in [-0.15, -0.1) is 0 Å². The van der Waals surface area contributed by atoms with Gasteiger partial charge in [-0.2, -0.15) is 0 Å². The molecule has 0 aliphatic carbocycles. The van der Waals surface area contributed by atoms with E-state index in [0.717, 1.165) is 11.3 Å². The number of hydrogen-bond donors (Lipinski definition) is 2. The Morgan fingerprint density at radius 2 is 2.10 bits per heavy atom. The molecule has 0 aliphatic rings. The van der Waals surface area contributed by atoms with Crippen LogP contribution in [0.5, 0.6) is 11.5 Å². The van der Waals surface area contributed by atoms with Gasteiger partial charge in [-0.25, -0.2) is 4.79 Å². The fourth-order valence-electron chi connectivity index (χ4n) is 1.74. The van der Waals surface area contributed by atoms with Crippen molar-refractivity contribution in [2.24, 2.45) is 0 Å². The lowest BCUT2D eigenvalue weighted by atomic mass is 10.2. The lowest BCUT2D eigenvalue weighted by molar-refractivity contribution is 0.0703. The van der Waals surface area contributed by atoms with E-state index in [1.54, 1.807) is 18.2 Å². The van der Waals surface area contributed by atoms with Gasteiger partial charge in [-0.3, -0.25) is 4.57 Å². The summed E-state index contributed by atoms with van der Waals surface area (Å²) >= 11 is 6.12. The third-order valence-electron chi connectivity index (χ3n) is 2.67. The lowest BCUT2D eigenvalue weighted by Crippen LogP contribution is -2.06. The predicted octanol–water partition coefficient (Wildman–Crippen LogP) is 2.57. The molecule has 0 amide bonds. The molecule has 2 rings (SSSR count). The molecule has 0 bridgehead atoms. The number of aromatic nitrogens is 1. The number of benzene rings is 1. The molecule has 20 heavy (non-hydrogen) atoms. The maximum absolute atomic E-state index is 11.1. The normalized spacial score (nSPS) is 10.3. The predicted molar refractivity (Wildman–Crippen MR) is 79.0 cm³/mol. The van der Waals surface area contributed by atoms with Crippen molar-refractivity contribution >= 4 is 35.3 Å². The second-order valence-corrected chi connectivity index (χ2v) is 5.40. The number of hydrogen-bond acceptors (Lipinski definition) is 6. The van der Waals surface area contributed by atoms with Crippen LogP contribution in [0.4, 0.5) is 5.82 Å². The largest absolute Gasteiger partial charge is 0.497 e. The molecule has 0 atom stereocenters. The second kappa shape index (κ2) is 5.51. The highest BCUT2D eigenvalue weighted by Gasteiger charge is 2.19. The molecular weight excluding hydrogens is 300 g/mol. The number of aromatic carboxylic acids is 1. The summed E-state index contributed by atoms with van der Waals surface area (Å²) in [5.41, 5.74) is 6.42. The number of nitrogens with two attached hydrogens (primary N) is 1. The topological polar surface area (TPSA) is 86.7 Å². The third kappa shape index (κ3) is 2.35. The van der Waals surface area contributed by atoms with Crippen LogP contribution in [0.2, 0.25) is 0 Å². The molecule has 0 aliphatic heterocycles. The van der Waals surface area contributed by atoms with Crippen LogP contribution >= 0.6 is 23.6 Å². The second-order valence-electron chi connectivity index (χ2n) is 3.76. The fraction of sp³-hybridized carbons (Fsp3) is 0.167. The Labute approximate surface area is 124 Å². The number of ether oxygens (including phenoxy) is 2. The van der Waals surface area contributed by atoms with Crippen LogP contribution in [0.1, 0.15) is 9.67 Å². The number of carboxylic acid groups (broad SMARTS) is 1. The smallest absolute Gasteiger partial charge is 0.349 e. The van der Waals surface area contributed by atoms with Crippen LogP contribution < -0.4 is 15.2 Å². The number of anilines is 1. The van der Waals surface area contributed by atoms with Crippen LogP contribution in [-0.2, 0) is 0 Å². The molecule has 0 spiro atoms. The molecule has 2 aromatic rings. The fourth-order valence-corrected chi connectivity index (χ4v) is 2.93. The summed E-state index contributed by atoms with van der Waals surface area (Å²) in [6, 6.07) is 5.11. The van der Waals surface area contributed by atoms with E-state index in [1.165, 1.54) is 18.8 Å². The molecule has 1 aromatic heterocycles. The number of rotatable bonds is 4. The van der Waals surface area contributed by atoms with E-state index in [4.69, 9.17) is 32.5 Å². The van der Waals surface area contributed by atoms with Gasteiger partial charge < -0.3 is 20.3 Å². The van der Waals surface area contributed by atoms with Crippen molar-refractivity contribution in [3.05, 3.63) is 27.0 Å². The van der Waals surface area contributed by atoms with Gasteiger partial charge in [0.25, 0.3) is 0 Å². The summed E-state index contributed by atoms with van der Waals surface area (Å²) < 4.78 is 12.2. The van der Waals surface area contributed by atoms with Crippen molar-refractivity contribution in [1.82, 2.24) is 4.57 Å². The summed E-state index contributed by atoms with van der Waals surface area (Å²) in [7, 11) is 3.04. The van der Waals surface area contributed by atoms with E-state index in [-0.39, 0.29) is 10.7 Å². The first-order valence-electron chi connectivity index (χ1n) is 5.46. The minimum absolute atomic E-state index is 0.000118. The summed E-state index contributed by atoms with van der Waals surface area (Å²) in [6.45, 7) is 0. The van der Waals surface area contributed by atoms with Crippen molar-refractivity contribution in [2.45, 2.75) is 0 Å². The minimum Gasteiger partial charge on any atom is -0.497 e. The Balaban J connectivity index is 2.74. The molecule has 0 saturated carbocycles. The number of nitrogens with zero attached hydrogens (tertiary/aromatic N) is 1. The molecule has 0 saturated heterocycles. The van der Waals surface area contributed by atoms with Crippen LogP contribution in [0.3, 0.4) is 0 Å². The zero-order valence-electron chi connectivity index (χ0n) is 10.7. The molecule has 106 valence electrons. The quantitative estimate of drug-likeness (QED) is 0.844. The summed E-state index contributed by atoms with van der Waals surface area (Å²) in [6.07, 6.45) is 0. The van der Waals surface area contributed by atoms with Crippen molar-refractivity contribution in [3.63, 3.8) is 0 Å².